The van der Waals surface area contributed by atoms with Crippen LogP contribution in [-0.4, -0.2) is 43.0 Å². The van der Waals surface area contributed by atoms with Crippen molar-refractivity contribution in [1.29, 1.82) is 0 Å². The van der Waals surface area contributed by atoms with Crippen molar-refractivity contribution in [3.8, 4) is 5.69 Å². The molecule has 0 aliphatic rings. The number of fused-ring (bicyclic) bond motifs is 2. The third kappa shape index (κ3) is 5.38. The number of nitrogens with zero attached hydrogens (tertiary/aromatic N) is 3. The molecule has 2 aromatic heterocycles. The van der Waals surface area contributed by atoms with Gasteiger partial charge in [0.05, 0.1) is 43.5 Å². The number of H-pyrrole nitrogens is 1. The molecule has 6 rings (SSSR count). The van der Waals surface area contributed by atoms with Gasteiger partial charge in [-0.25, -0.2) is 23.5 Å². The van der Waals surface area contributed by atoms with Crippen molar-refractivity contribution >= 4 is 57.0 Å². The molecule has 0 aliphatic heterocycles. The van der Waals surface area contributed by atoms with Crippen molar-refractivity contribution in [1.82, 2.24) is 24.8 Å². The van der Waals surface area contributed by atoms with Crippen LogP contribution >= 0.6 is 23.2 Å². The standard InChI is InChI=1S/C31H19Cl2F2N5O4/c32-21-7-8-23(35)27-26(21)30(42)39-28(38-27)20(15-2-1-3-17(34)10-15)13-36-29(41)19-6-5-18(12-22(19)33)40-14-37-24-11-16(31(43)44)4-9-25(24)40/h1-12,14,20H,13H2,(H,36,41)(H,43,44)(H,38,39,42)/t20-/m0/s1. The van der Waals surface area contributed by atoms with E-state index in [1.54, 1.807) is 28.8 Å². The van der Waals surface area contributed by atoms with Crippen LogP contribution in [0.1, 0.15) is 38.0 Å². The van der Waals surface area contributed by atoms with E-state index in [1.807, 2.05) is 0 Å². The minimum absolute atomic E-state index is 0.00551. The third-order valence-corrected chi connectivity index (χ3v) is 7.72. The Kier molecular flexibility index (Phi) is 7.58. The molecule has 9 nitrogen and oxygen atoms in total. The van der Waals surface area contributed by atoms with Crippen LogP contribution in [0.15, 0.2) is 83.9 Å². The fraction of sp³-hybridized carbons (Fsp3) is 0.0645. The van der Waals surface area contributed by atoms with E-state index in [0.717, 1.165) is 6.07 Å². The second kappa shape index (κ2) is 11.5. The number of halogens is 4. The number of carbonyl (C=O) groups is 2. The van der Waals surface area contributed by atoms with E-state index in [1.165, 1.54) is 48.8 Å². The molecule has 0 fully saturated rings. The lowest BCUT2D eigenvalue weighted by atomic mass is 9.97. The summed E-state index contributed by atoms with van der Waals surface area (Å²) in [5, 5.41) is 12.0. The number of rotatable bonds is 7. The highest BCUT2D eigenvalue weighted by Gasteiger charge is 2.23. The third-order valence-electron chi connectivity index (χ3n) is 7.10. The Labute approximate surface area is 256 Å². The lowest BCUT2D eigenvalue weighted by molar-refractivity contribution is 0.0696. The van der Waals surface area contributed by atoms with Gasteiger partial charge >= 0.3 is 5.97 Å². The number of imidazole rings is 1. The number of nitrogens with one attached hydrogen (secondary N) is 2. The van der Waals surface area contributed by atoms with Crippen molar-refractivity contribution < 1.29 is 23.5 Å². The van der Waals surface area contributed by atoms with Gasteiger partial charge in [-0.2, -0.15) is 0 Å². The zero-order valence-electron chi connectivity index (χ0n) is 22.3. The zero-order valence-corrected chi connectivity index (χ0v) is 23.8. The minimum atomic E-state index is -1.07. The van der Waals surface area contributed by atoms with Gasteiger partial charge in [-0.15, -0.1) is 0 Å². The molecule has 0 unspecified atom stereocenters. The van der Waals surface area contributed by atoms with E-state index in [9.17, 15) is 28.3 Å². The van der Waals surface area contributed by atoms with Gasteiger partial charge in [-0.3, -0.25) is 14.2 Å². The summed E-state index contributed by atoms with van der Waals surface area (Å²) in [5.41, 5.74) is 1.33. The molecule has 6 aromatic rings. The predicted octanol–water partition coefficient (Wildman–Crippen LogP) is 6.11. The molecule has 13 heteroatoms. The molecule has 1 atom stereocenters. The van der Waals surface area contributed by atoms with Crippen LogP contribution in [0.4, 0.5) is 8.78 Å². The summed E-state index contributed by atoms with van der Waals surface area (Å²) in [6.07, 6.45) is 1.51. The molecule has 0 radical (unpaired) electrons. The minimum Gasteiger partial charge on any atom is -0.478 e. The average molecular weight is 634 g/mol. The molecule has 3 N–H and O–H groups in total. The van der Waals surface area contributed by atoms with Gasteiger partial charge in [0, 0.05) is 12.2 Å². The second-order valence-corrected chi connectivity index (χ2v) is 10.6. The summed E-state index contributed by atoms with van der Waals surface area (Å²) in [6.45, 7) is -0.158. The first-order valence-electron chi connectivity index (χ1n) is 13.0. The molecule has 0 bridgehead atoms. The van der Waals surface area contributed by atoms with Gasteiger partial charge in [-0.1, -0.05) is 35.3 Å². The summed E-state index contributed by atoms with van der Waals surface area (Å²) in [7, 11) is 0. The Hall–Kier alpha value is -5.13. The number of aromatic nitrogens is 4. The molecule has 2 heterocycles. The molecule has 0 aliphatic carbocycles. The highest BCUT2D eigenvalue weighted by Crippen LogP contribution is 2.28. The van der Waals surface area contributed by atoms with Gasteiger partial charge in [0.15, 0.2) is 0 Å². The quantitative estimate of drug-likeness (QED) is 0.195. The Morgan fingerprint density at radius 1 is 1.00 bits per heavy atom. The van der Waals surface area contributed by atoms with E-state index in [0.29, 0.717) is 22.3 Å². The largest absolute Gasteiger partial charge is 0.478 e. The van der Waals surface area contributed by atoms with Crippen molar-refractivity contribution in [2.75, 3.05) is 6.54 Å². The van der Waals surface area contributed by atoms with Gasteiger partial charge in [0.1, 0.15) is 29.3 Å². The maximum absolute atomic E-state index is 14.7. The molecule has 4 aromatic carbocycles. The molecule has 0 spiro atoms. The fourth-order valence-electron chi connectivity index (χ4n) is 4.93. The Bertz CT molecular complexity index is 2180. The van der Waals surface area contributed by atoms with Crippen molar-refractivity contribution in [2.24, 2.45) is 0 Å². The highest BCUT2D eigenvalue weighted by atomic mass is 35.5. The zero-order chi connectivity index (χ0) is 31.1. The van der Waals surface area contributed by atoms with E-state index in [-0.39, 0.29) is 44.4 Å². The number of carbonyl (C=O) groups excluding carboxylic acids is 1. The molecule has 0 saturated heterocycles. The number of aromatic amines is 1. The van der Waals surface area contributed by atoms with Crippen molar-refractivity contribution in [3.05, 3.63) is 134 Å². The first-order valence-corrected chi connectivity index (χ1v) is 13.8. The van der Waals surface area contributed by atoms with Gasteiger partial charge in [0.25, 0.3) is 11.5 Å². The van der Waals surface area contributed by atoms with E-state index in [2.05, 4.69) is 20.3 Å². The monoisotopic (exact) mass is 633 g/mol. The molecular formula is C31H19Cl2F2N5O4. The summed E-state index contributed by atoms with van der Waals surface area (Å²) in [6, 6.07) is 17.1. The van der Waals surface area contributed by atoms with Crippen LogP contribution in [-0.2, 0) is 0 Å². The van der Waals surface area contributed by atoms with E-state index < -0.39 is 35.0 Å². The highest BCUT2D eigenvalue weighted by molar-refractivity contribution is 6.35. The first-order chi connectivity index (χ1) is 21.1. The summed E-state index contributed by atoms with van der Waals surface area (Å²) in [5.74, 6) is -3.84. The molecular weight excluding hydrogens is 615 g/mol. The number of hydrogen-bond donors (Lipinski definition) is 3. The smallest absolute Gasteiger partial charge is 0.335 e. The summed E-state index contributed by atoms with van der Waals surface area (Å²) < 4.78 is 30.6. The Morgan fingerprint density at radius 2 is 1.82 bits per heavy atom. The Balaban J connectivity index is 1.30. The number of benzene rings is 4. The number of aromatic carboxylic acids is 1. The van der Waals surface area contributed by atoms with Crippen LogP contribution in [0.5, 0.6) is 0 Å². The van der Waals surface area contributed by atoms with E-state index in [4.69, 9.17) is 23.2 Å². The summed E-state index contributed by atoms with van der Waals surface area (Å²) in [4.78, 5) is 48.6. The SMILES string of the molecule is O=C(O)c1ccc2c(c1)ncn2-c1ccc(C(=O)NC[C@@H](c2cccc(F)c2)c2nc3c(F)ccc(Cl)c3c(=O)[nH]2)c(Cl)c1. The van der Waals surface area contributed by atoms with Crippen LogP contribution in [0.25, 0.3) is 27.6 Å². The normalized spacial score (nSPS) is 12.0. The Morgan fingerprint density at radius 3 is 2.57 bits per heavy atom. The van der Waals surface area contributed by atoms with Crippen LogP contribution in [0.3, 0.4) is 0 Å². The summed E-state index contributed by atoms with van der Waals surface area (Å²) >= 11 is 12.6. The van der Waals surface area contributed by atoms with Crippen molar-refractivity contribution in [3.63, 3.8) is 0 Å². The van der Waals surface area contributed by atoms with Gasteiger partial charge in [0.2, 0.25) is 0 Å². The van der Waals surface area contributed by atoms with Crippen LogP contribution in [0.2, 0.25) is 10.0 Å². The van der Waals surface area contributed by atoms with Gasteiger partial charge < -0.3 is 15.4 Å². The number of amides is 1. The topological polar surface area (TPSA) is 130 Å². The first kappa shape index (κ1) is 29.0. The fourth-order valence-corrected chi connectivity index (χ4v) is 5.43. The lowest BCUT2D eigenvalue weighted by Gasteiger charge is -2.19. The maximum Gasteiger partial charge on any atom is 0.335 e. The van der Waals surface area contributed by atoms with Crippen LogP contribution < -0.4 is 10.9 Å². The number of carboxylic acids is 1. The van der Waals surface area contributed by atoms with Crippen LogP contribution in [0, 0.1) is 11.6 Å². The maximum atomic E-state index is 14.7. The van der Waals surface area contributed by atoms with Crippen molar-refractivity contribution in [2.45, 2.75) is 5.92 Å². The molecule has 220 valence electrons. The molecule has 44 heavy (non-hydrogen) atoms. The number of carboxylic acid groups (broad SMARTS) is 1. The van der Waals surface area contributed by atoms with E-state index >= 15 is 0 Å². The lowest BCUT2D eigenvalue weighted by Crippen LogP contribution is -2.31. The second-order valence-electron chi connectivity index (χ2n) is 9.81. The number of hydrogen-bond acceptors (Lipinski definition) is 5. The molecule has 1 amide bonds. The predicted molar refractivity (Wildman–Crippen MR) is 161 cm³/mol. The average Bonchev–Trinajstić information content (AvgIpc) is 3.42. The van der Waals surface area contributed by atoms with Gasteiger partial charge in [-0.05, 0) is 66.2 Å². The molecule has 0 saturated carbocycles.